The summed E-state index contributed by atoms with van der Waals surface area (Å²) in [5, 5.41) is 0. The number of ether oxygens (including phenoxy) is 1. The largest absolute Gasteiger partial charge is 0.460 e. The minimum absolute atomic E-state index is 0.0140. The highest BCUT2D eigenvalue weighted by Crippen LogP contribution is 2.29. The molecule has 1 aromatic rings. The molecule has 3 heteroatoms. The minimum Gasteiger partial charge on any atom is -0.460 e. The maximum Gasteiger partial charge on any atom is 0.319 e. The van der Waals surface area contributed by atoms with Gasteiger partial charge in [0.1, 0.15) is 17.8 Å². The number of carbonyl (C=O) groups excluding carboxylic acids is 2. The van der Waals surface area contributed by atoms with Crippen LogP contribution in [0.1, 0.15) is 52.0 Å². The van der Waals surface area contributed by atoms with E-state index in [1.54, 1.807) is 6.92 Å². The van der Waals surface area contributed by atoms with Crippen LogP contribution in [0.15, 0.2) is 30.3 Å². The van der Waals surface area contributed by atoms with E-state index in [4.69, 9.17) is 4.74 Å². The molecule has 1 aromatic carbocycles. The average molecular weight is 276 g/mol. The number of carbonyl (C=O) groups is 2. The second-order valence-corrected chi connectivity index (χ2v) is 5.32. The molecule has 3 nitrogen and oxygen atoms in total. The Morgan fingerprint density at radius 2 is 1.75 bits per heavy atom. The summed E-state index contributed by atoms with van der Waals surface area (Å²) in [7, 11) is 0. The fraction of sp³-hybridized carbons (Fsp3) is 0.529. The fourth-order valence-corrected chi connectivity index (χ4v) is 2.24. The second kappa shape index (κ2) is 7.83. The van der Waals surface area contributed by atoms with Crippen LogP contribution >= 0.6 is 0 Å². The first kappa shape index (κ1) is 16.4. The van der Waals surface area contributed by atoms with Gasteiger partial charge in [-0.2, -0.15) is 0 Å². The standard InChI is InChI=1S/C17H24O3/c1-4-9-15(18)17(3,12-5-2)16(19)20-13-14-10-7-6-8-11-14/h6-8,10-11H,4-5,9,12-13H2,1-3H3. The number of esters is 1. The molecule has 0 radical (unpaired) electrons. The van der Waals surface area contributed by atoms with Crippen LogP contribution in [0.2, 0.25) is 0 Å². The van der Waals surface area contributed by atoms with Crippen molar-refractivity contribution in [1.29, 1.82) is 0 Å². The maximum absolute atomic E-state index is 12.3. The van der Waals surface area contributed by atoms with Gasteiger partial charge in [0.05, 0.1) is 0 Å². The number of Topliss-reactive ketones (excluding diaryl/α,β-unsaturated/α-hetero) is 1. The summed E-state index contributed by atoms with van der Waals surface area (Å²) in [6.45, 7) is 5.85. The van der Waals surface area contributed by atoms with Crippen LogP contribution in [0.4, 0.5) is 0 Å². The quantitative estimate of drug-likeness (QED) is 0.534. The van der Waals surface area contributed by atoms with Crippen LogP contribution in [-0.4, -0.2) is 11.8 Å². The second-order valence-electron chi connectivity index (χ2n) is 5.32. The molecule has 0 N–H and O–H groups in total. The van der Waals surface area contributed by atoms with Gasteiger partial charge in [-0.25, -0.2) is 0 Å². The third-order valence-electron chi connectivity index (χ3n) is 3.51. The van der Waals surface area contributed by atoms with Gasteiger partial charge >= 0.3 is 5.97 Å². The lowest BCUT2D eigenvalue weighted by Gasteiger charge is -2.25. The predicted octanol–water partition coefficient (Wildman–Crippen LogP) is 3.91. The van der Waals surface area contributed by atoms with E-state index in [0.717, 1.165) is 18.4 Å². The molecule has 0 saturated carbocycles. The average Bonchev–Trinajstić information content (AvgIpc) is 2.46. The van der Waals surface area contributed by atoms with E-state index in [2.05, 4.69) is 0 Å². The van der Waals surface area contributed by atoms with E-state index in [1.807, 2.05) is 44.2 Å². The minimum atomic E-state index is -1.00. The fourth-order valence-electron chi connectivity index (χ4n) is 2.24. The lowest BCUT2D eigenvalue weighted by molar-refractivity contribution is -0.161. The zero-order chi connectivity index (χ0) is 15.0. The van der Waals surface area contributed by atoms with E-state index in [0.29, 0.717) is 12.8 Å². The number of hydrogen-bond acceptors (Lipinski definition) is 3. The van der Waals surface area contributed by atoms with Crippen molar-refractivity contribution in [1.82, 2.24) is 0 Å². The molecule has 0 aromatic heterocycles. The molecule has 0 spiro atoms. The van der Waals surface area contributed by atoms with E-state index in [9.17, 15) is 9.59 Å². The summed E-state index contributed by atoms with van der Waals surface area (Å²) in [6, 6.07) is 9.52. The predicted molar refractivity (Wildman–Crippen MR) is 79.2 cm³/mol. The normalized spacial score (nSPS) is 13.6. The number of hydrogen-bond donors (Lipinski definition) is 0. The Kier molecular flexibility index (Phi) is 6.43. The Bertz CT molecular complexity index is 439. The molecule has 20 heavy (non-hydrogen) atoms. The van der Waals surface area contributed by atoms with E-state index < -0.39 is 11.4 Å². The first-order valence-electron chi connectivity index (χ1n) is 7.29. The van der Waals surface area contributed by atoms with Gasteiger partial charge in [-0.3, -0.25) is 9.59 Å². The van der Waals surface area contributed by atoms with Gasteiger partial charge in [0.25, 0.3) is 0 Å². The molecule has 0 aliphatic rings. The zero-order valence-corrected chi connectivity index (χ0v) is 12.6. The Labute approximate surface area is 121 Å². The van der Waals surface area contributed by atoms with Gasteiger partial charge in [0.15, 0.2) is 0 Å². The van der Waals surface area contributed by atoms with Crippen molar-refractivity contribution in [2.24, 2.45) is 5.41 Å². The highest BCUT2D eigenvalue weighted by molar-refractivity contribution is 6.03. The molecule has 0 saturated heterocycles. The summed E-state index contributed by atoms with van der Waals surface area (Å²) in [5.41, 5.74) is -0.0675. The first-order chi connectivity index (χ1) is 9.54. The highest BCUT2D eigenvalue weighted by atomic mass is 16.5. The Morgan fingerprint density at radius 1 is 1.10 bits per heavy atom. The molecular weight excluding hydrogens is 252 g/mol. The Hall–Kier alpha value is -1.64. The first-order valence-corrected chi connectivity index (χ1v) is 7.29. The van der Waals surface area contributed by atoms with Crippen molar-refractivity contribution in [3.63, 3.8) is 0 Å². The lowest BCUT2D eigenvalue weighted by atomic mass is 9.79. The highest BCUT2D eigenvalue weighted by Gasteiger charge is 2.40. The smallest absolute Gasteiger partial charge is 0.319 e. The molecule has 0 fully saturated rings. The van der Waals surface area contributed by atoms with Gasteiger partial charge in [0, 0.05) is 6.42 Å². The van der Waals surface area contributed by atoms with Gasteiger partial charge in [-0.1, -0.05) is 50.6 Å². The number of rotatable bonds is 8. The molecule has 1 atom stereocenters. The third kappa shape index (κ3) is 4.19. The van der Waals surface area contributed by atoms with Crippen LogP contribution in [0.5, 0.6) is 0 Å². The third-order valence-corrected chi connectivity index (χ3v) is 3.51. The molecule has 0 amide bonds. The summed E-state index contributed by atoms with van der Waals surface area (Å²) in [6.07, 6.45) is 2.51. The molecule has 0 bridgehead atoms. The molecule has 0 aliphatic heterocycles. The monoisotopic (exact) mass is 276 g/mol. The van der Waals surface area contributed by atoms with Crippen molar-refractivity contribution in [3.8, 4) is 0 Å². The van der Waals surface area contributed by atoms with Crippen LogP contribution < -0.4 is 0 Å². The van der Waals surface area contributed by atoms with Crippen molar-refractivity contribution in [3.05, 3.63) is 35.9 Å². The Morgan fingerprint density at radius 3 is 2.30 bits per heavy atom. The van der Waals surface area contributed by atoms with Crippen molar-refractivity contribution >= 4 is 11.8 Å². The molecule has 0 aliphatic carbocycles. The van der Waals surface area contributed by atoms with Gasteiger partial charge in [0.2, 0.25) is 0 Å². The summed E-state index contributed by atoms with van der Waals surface area (Å²) in [5.74, 6) is -0.415. The van der Waals surface area contributed by atoms with Crippen LogP contribution in [0.3, 0.4) is 0 Å². The van der Waals surface area contributed by atoms with E-state index >= 15 is 0 Å². The SMILES string of the molecule is CCCC(=O)C(C)(CCC)C(=O)OCc1ccccc1. The number of benzene rings is 1. The maximum atomic E-state index is 12.3. The molecule has 110 valence electrons. The molecule has 1 unspecified atom stereocenters. The Balaban J connectivity index is 2.71. The van der Waals surface area contributed by atoms with Crippen molar-refractivity contribution < 1.29 is 14.3 Å². The molecular formula is C17H24O3. The van der Waals surface area contributed by atoms with Gasteiger partial charge < -0.3 is 4.74 Å². The summed E-state index contributed by atoms with van der Waals surface area (Å²) < 4.78 is 5.35. The van der Waals surface area contributed by atoms with E-state index in [1.165, 1.54) is 0 Å². The summed E-state index contributed by atoms with van der Waals surface area (Å²) >= 11 is 0. The van der Waals surface area contributed by atoms with E-state index in [-0.39, 0.29) is 12.4 Å². The van der Waals surface area contributed by atoms with Crippen molar-refractivity contribution in [2.75, 3.05) is 0 Å². The molecule has 0 heterocycles. The van der Waals surface area contributed by atoms with Crippen molar-refractivity contribution in [2.45, 2.75) is 53.1 Å². The van der Waals surface area contributed by atoms with Crippen LogP contribution in [-0.2, 0) is 20.9 Å². The summed E-state index contributed by atoms with van der Waals surface area (Å²) in [4.78, 5) is 24.5. The number of ketones is 1. The molecule has 1 rings (SSSR count). The van der Waals surface area contributed by atoms with Gasteiger partial charge in [-0.05, 0) is 25.3 Å². The zero-order valence-electron chi connectivity index (χ0n) is 12.6. The van der Waals surface area contributed by atoms with Crippen LogP contribution in [0.25, 0.3) is 0 Å². The van der Waals surface area contributed by atoms with Gasteiger partial charge in [-0.15, -0.1) is 0 Å². The topological polar surface area (TPSA) is 43.4 Å². The van der Waals surface area contributed by atoms with Crippen LogP contribution in [0, 0.1) is 5.41 Å². The lowest BCUT2D eigenvalue weighted by Crippen LogP contribution is -2.37.